The summed E-state index contributed by atoms with van der Waals surface area (Å²) >= 11 is 0. The summed E-state index contributed by atoms with van der Waals surface area (Å²) in [7, 11) is 0. The van der Waals surface area contributed by atoms with Crippen LogP contribution in [0, 0.1) is 6.42 Å². The molecule has 73 valence electrons. The lowest BCUT2D eigenvalue weighted by Gasteiger charge is -1.87. The third kappa shape index (κ3) is 6.24. The Labute approximate surface area is 87.0 Å². The van der Waals surface area contributed by atoms with Crippen molar-refractivity contribution >= 4 is 0 Å². The summed E-state index contributed by atoms with van der Waals surface area (Å²) in [6.45, 7) is 0. The molecule has 14 heavy (non-hydrogen) atoms. The number of rotatable bonds is 0. The molecular weight excluding hydrogens is 168 g/mol. The van der Waals surface area contributed by atoms with Crippen molar-refractivity contribution in [3.63, 3.8) is 0 Å². The van der Waals surface area contributed by atoms with Gasteiger partial charge in [0.15, 0.2) is 0 Å². The minimum atomic E-state index is 0.998. The summed E-state index contributed by atoms with van der Waals surface area (Å²) in [5.41, 5.74) is 0. The van der Waals surface area contributed by atoms with E-state index in [-0.39, 0.29) is 0 Å². The van der Waals surface area contributed by atoms with Crippen LogP contribution in [0.5, 0.6) is 0 Å². The van der Waals surface area contributed by atoms with Gasteiger partial charge in [-0.3, -0.25) is 0 Å². The highest BCUT2D eigenvalue weighted by molar-refractivity contribution is 5.14. The molecule has 0 bridgehead atoms. The van der Waals surface area contributed by atoms with Crippen LogP contribution >= 0.6 is 0 Å². The number of hydrogen-bond acceptors (Lipinski definition) is 0. The SMILES string of the molecule is [CH]1/C=C/C=C\CC/C=C/C=C\C=C\C1. The van der Waals surface area contributed by atoms with Crippen LogP contribution in [0.3, 0.4) is 0 Å². The average molecular weight is 185 g/mol. The molecule has 1 rings (SSSR count). The molecule has 0 aromatic heterocycles. The van der Waals surface area contributed by atoms with Gasteiger partial charge in [-0.05, 0) is 25.7 Å². The lowest BCUT2D eigenvalue weighted by molar-refractivity contribution is 1.05. The van der Waals surface area contributed by atoms with Crippen molar-refractivity contribution in [2.75, 3.05) is 0 Å². The van der Waals surface area contributed by atoms with Crippen LogP contribution in [-0.4, -0.2) is 0 Å². The molecule has 0 N–H and O–H groups in total. The highest BCUT2D eigenvalue weighted by Crippen LogP contribution is 1.97. The van der Waals surface area contributed by atoms with Crippen LogP contribution in [0.4, 0.5) is 0 Å². The predicted molar refractivity (Wildman–Crippen MR) is 63.9 cm³/mol. The van der Waals surface area contributed by atoms with Gasteiger partial charge < -0.3 is 0 Å². The largest absolute Gasteiger partial charge is 0.0842 e. The highest BCUT2D eigenvalue weighted by atomic mass is 13.8. The Morgan fingerprint density at radius 2 is 1.07 bits per heavy atom. The highest BCUT2D eigenvalue weighted by Gasteiger charge is 1.77. The standard InChI is InChI=1S/C14H17/c1-2-4-6-8-10-12-14-13-11-9-7-5-3-1/h1-6,9,11-14H,7-8,10H2/b2-1-,5-3+,6-4+,13-11+,14-12-. The first-order valence-corrected chi connectivity index (χ1v) is 5.13. The van der Waals surface area contributed by atoms with Crippen molar-refractivity contribution in [1.29, 1.82) is 0 Å². The van der Waals surface area contributed by atoms with E-state index in [1.54, 1.807) is 0 Å². The first-order valence-electron chi connectivity index (χ1n) is 5.13. The summed E-state index contributed by atoms with van der Waals surface area (Å²) in [5, 5.41) is 0. The summed E-state index contributed by atoms with van der Waals surface area (Å²) in [4.78, 5) is 0. The van der Waals surface area contributed by atoms with E-state index in [2.05, 4.69) is 67.2 Å². The Bertz CT molecular complexity index is 234. The Morgan fingerprint density at radius 1 is 0.500 bits per heavy atom. The van der Waals surface area contributed by atoms with E-state index >= 15 is 0 Å². The molecule has 0 saturated carbocycles. The van der Waals surface area contributed by atoms with E-state index in [4.69, 9.17) is 0 Å². The van der Waals surface area contributed by atoms with E-state index < -0.39 is 0 Å². The molecule has 0 amide bonds. The maximum Gasteiger partial charge on any atom is -0.0130 e. The molecule has 0 aromatic carbocycles. The summed E-state index contributed by atoms with van der Waals surface area (Å²) < 4.78 is 0. The first-order chi connectivity index (χ1) is 7.00. The van der Waals surface area contributed by atoms with Crippen LogP contribution in [0.25, 0.3) is 0 Å². The molecule has 0 atom stereocenters. The van der Waals surface area contributed by atoms with Gasteiger partial charge >= 0.3 is 0 Å². The minimum Gasteiger partial charge on any atom is -0.0842 e. The third-order valence-electron chi connectivity index (χ3n) is 1.87. The van der Waals surface area contributed by atoms with Gasteiger partial charge in [-0.2, -0.15) is 0 Å². The number of hydrogen-bond donors (Lipinski definition) is 0. The van der Waals surface area contributed by atoms with Gasteiger partial charge in [0.25, 0.3) is 0 Å². The van der Waals surface area contributed by atoms with Gasteiger partial charge in [-0.1, -0.05) is 60.8 Å². The van der Waals surface area contributed by atoms with Crippen LogP contribution in [0.1, 0.15) is 19.3 Å². The van der Waals surface area contributed by atoms with E-state index in [1.807, 2.05) is 0 Å². The van der Waals surface area contributed by atoms with E-state index in [1.165, 1.54) is 0 Å². The van der Waals surface area contributed by atoms with E-state index in [0.717, 1.165) is 19.3 Å². The van der Waals surface area contributed by atoms with E-state index in [0.29, 0.717) is 0 Å². The molecule has 1 radical (unpaired) electrons. The van der Waals surface area contributed by atoms with Crippen LogP contribution in [0.15, 0.2) is 60.8 Å². The second-order valence-corrected chi connectivity index (χ2v) is 3.10. The maximum atomic E-state index is 2.19. The maximum absolute atomic E-state index is 2.19. The average Bonchev–Trinajstić information content (AvgIpc) is 2.22. The summed E-state index contributed by atoms with van der Waals surface area (Å²) in [6, 6.07) is 0. The second kappa shape index (κ2) is 8.31. The van der Waals surface area contributed by atoms with Crippen LogP contribution in [-0.2, 0) is 0 Å². The fourth-order valence-electron chi connectivity index (χ4n) is 1.13. The third-order valence-corrected chi connectivity index (χ3v) is 1.87. The molecule has 1 aliphatic rings. The summed E-state index contributed by atoms with van der Waals surface area (Å²) in [5.74, 6) is 0. The monoisotopic (exact) mass is 185 g/mol. The molecule has 0 heteroatoms. The zero-order valence-electron chi connectivity index (χ0n) is 8.47. The van der Waals surface area contributed by atoms with Gasteiger partial charge in [-0.25, -0.2) is 0 Å². The number of allylic oxidation sites excluding steroid dienone is 10. The van der Waals surface area contributed by atoms with Crippen LogP contribution in [0.2, 0.25) is 0 Å². The first kappa shape index (κ1) is 10.8. The molecular formula is C14H17. The van der Waals surface area contributed by atoms with E-state index in [9.17, 15) is 0 Å². The zero-order chi connectivity index (χ0) is 9.90. The molecule has 1 aliphatic carbocycles. The zero-order valence-corrected chi connectivity index (χ0v) is 8.47. The molecule has 0 nitrogen and oxygen atoms in total. The normalized spacial score (nSPS) is 29.7. The quantitative estimate of drug-likeness (QED) is 0.531. The molecule has 0 aliphatic heterocycles. The van der Waals surface area contributed by atoms with Gasteiger partial charge in [0.2, 0.25) is 0 Å². The van der Waals surface area contributed by atoms with Crippen molar-refractivity contribution in [1.82, 2.24) is 0 Å². The molecule has 0 aromatic rings. The Morgan fingerprint density at radius 3 is 1.79 bits per heavy atom. The minimum absolute atomic E-state index is 0.998. The van der Waals surface area contributed by atoms with Crippen molar-refractivity contribution in [2.24, 2.45) is 0 Å². The van der Waals surface area contributed by atoms with Crippen molar-refractivity contribution < 1.29 is 0 Å². The Kier molecular flexibility index (Phi) is 6.39. The summed E-state index contributed by atoms with van der Waals surface area (Å²) in [6.07, 6.45) is 26.5. The topological polar surface area (TPSA) is 0 Å². The molecule has 0 saturated heterocycles. The van der Waals surface area contributed by atoms with Gasteiger partial charge in [0, 0.05) is 0 Å². The predicted octanol–water partition coefficient (Wildman–Crippen LogP) is 4.16. The molecule has 0 spiro atoms. The van der Waals surface area contributed by atoms with Gasteiger partial charge in [-0.15, -0.1) is 0 Å². The second-order valence-electron chi connectivity index (χ2n) is 3.10. The Hall–Kier alpha value is -1.30. The Balaban J connectivity index is 2.45. The molecule has 0 unspecified atom stereocenters. The fraction of sp³-hybridized carbons (Fsp3) is 0.214. The lowest BCUT2D eigenvalue weighted by Crippen LogP contribution is -1.67. The van der Waals surface area contributed by atoms with Gasteiger partial charge in [0.1, 0.15) is 0 Å². The lowest BCUT2D eigenvalue weighted by atomic mass is 10.2. The van der Waals surface area contributed by atoms with Crippen LogP contribution < -0.4 is 0 Å². The van der Waals surface area contributed by atoms with Crippen molar-refractivity contribution in [2.45, 2.75) is 19.3 Å². The van der Waals surface area contributed by atoms with Crippen molar-refractivity contribution in [3.05, 3.63) is 67.2 Å². The molecule has 0 heterocycles. The van der Waals surface area contributed by atoms with Crippen molar-refractivity contribution in [3.8, 4) is 0 Å². The fourth-order valence-corrected chi connectivity index (χ4v) is 1.13. The van der Waals surface area contributed by atoms with Gasteiger partial charge in [0.05, 0.1) is 0 Å². The smallest absolute Gasteiger partial charge is 0.0130 e. The molecule has 0 fully saturated rings.